The summed E-state index contributed by atoms with van der Waals surface area (Å²) < 4.78 is 25.1. The Balaban J connectivity index is 3.04. The Morgan fingerprint density at radius 3 is 2.00 bits per heavy atom. The van der Waals surface area contributed by atoms with E-state index in [1.165, 1.54) is 0 Å². The largest absolute Gasteiger partial charge is 0.330 e. The van der Waals surface area contributed by atoms with Crippen molar-refractivity contribution in [2.24, 2.45) is 5.73 Å². The van der Waals surface area contributed by atoms with Crippen molar-refractivity contribution in [2.45, 2.75) is 26.2 Å². The Bertz CT molecular complexity index is 290. The molecule has 0 spiro atoms. The summed E-state index contributed by atoms with van der Waals surface area (Å²) in [6.45, 7) is 3.78. The maximum Gasteiger partial charge on any atom is 0.246 e. The fraction of sp³-hybridized carbons (Fsp3) is 0.455. The summed E-state index contributed by atoms with van der Waals surface area (Å²) in [5.74, 6) is -0.839. The van der Waals surface area contributed by atoms with Crippen molar-refractivity contribution >= 4 is 0 Å². The maximum absolute atomic E-state index is 12.6. The highest BCUT2D eigenvalue weighted by atomic mass is 19.3. The monoisotopic (exact) mass is 199 g/mol. The second-order valence-electron chi connectivity index (χ2n) is 3.60. The van der Waals surface area contributed by atoms with Crippen molar-refractivity contribution in [3.05, 3.63) is 34.9 Å². The van der Waals surface area contributed by atoms with Gasteiger partial charge in [0.2, 0.25) is 6.43 Å². The van der Waals surface area contributed by atoms with Crippen molar-refractivity contribution in [3.8, 4) is 0 Å². The number of halogens is 2. The highest BCUT2D eigenvalue weighted by Crippen LogP contribution is 2.24. The van der Waals surface area contributed by atoms with Gasteiger partial charge >= 0.3 is 0 Å². The van der Waals surface area contributed by atoms with Gasteiger partial charge in [-0.25, -0.2) is 8.78 Å². The Kier molecular flexibility index (Phi) is 3.58. The number of hydrogen-bond acceptors (Lipinski definition) is 1. The predicted octanol–water partition coefficient (Wildman–Crippen LogP) is 2.61. The van der Waals surface area contributed by atoms with Crippen LogP contribution in [0.25, 0.3) is 0 Å². The van der Waals surface area contributed by atoms with E-state index >= 15 is 0 Å². The summed E-state index contributed by atoms with van der Waals surface area (Å²) in [4.78, 5) is 0. The lowest BCUT2D eigenvalue weighted by atomic mass is 9.96. The molecule has 3 heteroatoms. The molecule has 1 aromatic carbocycles. The highest BCUT2D eigenvalue weighted by Gasteiger charge is 2.20. The molecule has 0 aromatic heterocycles. The van der Waals surface area contributed by atoms with E-state index in [-0.39, 0.29) is 6.54 Å². The van der Waals surface area contributed by atoms with Gasteiger partial charge in [0.15, 0.2) is 0 Å². The van der Waals surface area contributed by atoms with Crippen LogP contribution in [0.15, 0.2) is 18.2 Å². The van der Waals surface area contributed by atoms with Crippen LogP contribution in [0, 0.1) is 13.8 Å². The predicted molar refractivity (Wildman–Crippen MR) is 53.7 cm³/mol. The van der Waals surface area contributed by atoms with Crippen LogP contribution >= 0.6 is 0 Å². The molecule has 0 heterocycles. The first-order valence-corrected chi connectivity index (χ1v) is 4.61. The molecule has 0 aliphatic rings. The Morgan fingerprint density at radius 1 is 1.14 bits per heavy atom. The van der Waals surface area contributed by atoms with Crippen LogP contribution in [0.5, 0.6) is 0 Å². The third-order valence-electron chi connectivity index (χ3n) is 2.23. The molecule has 0 fully saturated rings. The molecule has 1 aromatic rings. The topological polar surface area (TPSA) is 26.0 Å². The SMILES string of the molecule is Cc1cc(C)cc(C(CN)C(F)F)c1. The molecule has 0 saturated heterocycles. The number of aryl methyl sites for hydroxylation is 2. The van der Waals surface area contributed by atoms with Crippen LogP contribution in [0.1, 0.15) is 22.6 Å². The van der Waals surface area contributed by atoms with Crippen molar-refractivity contribution in [1.29, 1.82) is 0 Å². The van der Waals surface area contributed by atoms with E-state index < -0.39 is 12.3 Å². The molecule has 1 atom stereocenters. The third-order valence-corrected chi connectivity index (χ3v) is 2.23. The average Bonchev–Trinajstić information content (AvgIpc) is 2.02. The van der Waals surface area contributed by atoms with E-state index in [4.69, 9.17) is 5.73 Å². The fourth-order valence-electron chi connectivity index (χ4n) is 1.61. The molecule has 0 radical (unpaired) electrons. The Labute approximate surface area is 82.9 Å². The molecule has 0 aliphatic heterocycles. The van der Waals surface area contributed by atoms with E-state index in [1.807, 2.05) is 19.9 Å². The molecule has 1 nitrogen and oxygen atoms in total. The van der Waals surface area contributed by atoms with Crippen molar-refractivity contribution < 1.29 is 8.78 Å². The normalized spacial score (nSPS) is 13.3. The van der Waals surface area contributed by atoms with Crippen molar-refractivity contribution in [1.82, 2.24) is 0 Å². The zero-order valence-electron chi connectivity index (χ0n) is 8.43. The van der Waals surface area contributed by atoms with Gasteiger partial charge < -0.3 is 5.73 Å². The summed E-state index contributed by atoms with van der Waals surface area (Å²) in [7, 11) is 0. The summed E-state index contributed by atoms with van der Waals surface area (Å²) in [6.07, 6.45) is -2.39. The zero-order chi connectivity index (χ0) is 10.7. The molecule has 78 valence electrons. The smallest absolute Gasteiger partial charge is 0.246 e. The van der Waals surface area contributed by atoms with Gasteiger partial charge in [0.25, 0.3) is 0 Å². The minimum atomic E-state index is -2.39. The zero-order valence-corrected chi connectivity index (χ0v) is 8.43. The molecule has 0 bridgehead atoms. The number of nitrogens with two attached hydrogens (primary N) is 1. The molecule has 1 rings (SSSR count). The molecule has 14 heavy (non-hydrogen) atoms. The van der Waals surface area contributed by atoms with Crippen molar-refractivity contribution in [2.75, 3.05) is 6.54 Å². The minimum Gasteiger partial charge on any atom is -0.330 e. The van der Waals surface area contributed by atoms with Crippen LogP contribution in [0.4, 0.5) is 8.78 Å². The van der Waals surface area contributed by atoms with Crippen LogP contribution in [-0.2, 0) is 0 Å². The number of rotatable bonds is 3. The number of hydrogen-bond donors (Lipinski definition) is 1. The van der Waals surface area contributed by atoms with Crippen LogP contribution in [0.3, 0.4) is 0 Å². The standard InChI is InChI=1S/C11H15F2N/c1-7-3-8(2)5-9(4-7)10(6-14)11(12)13/h3-5,10-11H,6,14H2,1-2H3. The lowest BCUT2D eigenvalue weighted by Crippen LogP contribution is -2.19. The van der Waals surface area contributed by atoms with E-state index in [0.717, 1.165) is 11.1 Å². The highest BCUT2D eigenvalue weighted by molar-refractivity contribution is 5.31. The van der Waals surface area contributed by atoms with Crippen molar-refractivity contribution in [3.63, 3.8) is 0 Å². The number of alkyl halides is 2. The average molecular weight is 199 g/mol. The lowest BCUT2D eigenvalue weighted by molar-refractivity contribution is 0.117. The van der Waals surface area contributed by atoms with E-state index in [9.17, 15) is 8.78 Å². The molecule has 0 aliphatic carbocycles. The minimum absolute atomic E-state index is 0.0133. The maximum atomic E-state index is 12.6. The first-order valence-electron chi connectivity index (χ1n) is 4.61. The van der Waals surface area contributed by atoms with Gasteiger partial charge in [0, 0.05) is 6.54 Å². The lowest BCUT2D eigenvalue weighted by Gasteiger charge is -2.15. The van der Waals surface area contributed by atoms with Gasteiger partial charge in [-0.2, -0.15) is 0 Å². The molecule has 0 amide bonds. The third kappa shape index (κ3) is 2.51. The summed E-state index contributed by atoms with van der Waals surface area (Å²) in [5, 5.41) is 0. The van der Waals surface area contributed by atoms with Gasteiger partial charge in [-0.1, -0.05) is 29.3 Å². The summed E-state index contributed by atoms with van der Waals surface area (Å²) in [5.41, 5.74) is 7.96. The van der Waals surface area contributed by atoms with Crippen LogP contribution < -0.4 is 5.73 Å². The van der Waals surface area contributed by atoms with E-state index in [0.29, 0.717) is 5.56 Å². The van der Waals surface area contributed by atoms with Gasteiger partial charge in [-0.05, 0) is 19.4 Å². The number of benzene rings is 1. The second kappa shape index (κ2) is 4.51. The second-order valence-corrected chi connectivity index (χ2v) is 3.60. The molecule has 0 saturated carbocycles. The molecule has 1 unspecified atom stereocenters. The van der Waals surface area contributed by atoms with Crippen LogP contribution in [-0.4, -0.2) is 13.0 Å². The molecular formula is C11H15F2N. The quantitative estimate of drug-likeness (QED) is 0.795. The Morgan fingerprint density at radius 2 is 1.64 bits per heavy atom. The summed E-state index contributed by atoms with van der Waals surface area (Å²) >= 11 is 0. The van der Waals surface area contributed by atoms with Gasteiger partial charge in [0.1, 0.15) is 0 Å². The first kappa shape index (κ1) is 11.1. The van der Waals surface area contributed by atoms with Gasteiger partial charge in [-0.3, -0.25) is 0 Å². The van der Waals surface area contributed by atoms with E-state index in [2.05, 4.69) is 0 Å². The molecule has 2 N–H and O–H groups in total. The first-order chi connectivity index (χ1) is 6.54. The summed E-state index contributed by atoms with van der Waals surface area (Å²) in [6, 6.07) is 5.51. The van der Waals surface area contributed by atoms with Crippen LogP contribution in [0.2, 0.25) is 0 Å². The fourth-order valence-corrected chi connectivity index (χ4v) is 1.61. The van der Waals surface area contributed by atoms with E-state index in [1.54, 1.807) is 12.1 Å². The Hall–Kier alpha value is -0.960. The van der Waals surface area contributed by atoms with Gasteiger partial charge in [0.05, 0.1) is 5.92 Å². The molecular weight excluding hydrogens is 184 g/mol. The van der Waals surface area contributed by atoms with Gasteiger partial charge in [-0.15, -0.1) is 0 Å².